The van der Waals surface area contributed by atoms with Crippen LogP contribution in [0.5, 0.6) is 0 Å². The van der Waals surface area contributed by atoms with Gasteiger partial charge in [0.1, 0.15) is 0 Å². The summed E-state index contributed by atoms with van der Waals surface area (Å²) >= 11 is 1.83. The van der Waals surface area contributed by atoms with E-state index in [-0.39, 0.29) is 5.78 Å². The molecule has 1 nitrogen and oxygen atoms in total. The molecule has 0 atom stereocenters. The lowest BCUT2D eigenvalue weighted by atomic mass is 10.1. The standard InChI is InChI=1S/C14H20OS/c1-4-5-6-14(15)12-7-9-13(10-8-12)16-11(2)3/h7-11H,4-6H2,1-3H3. The van der Waals surface area contributed by atoms with E-state index in [1.54, 1.807) is 0 Å². The smallest absolute Gasteiger partial charge is 0.162 e. The highest BCUT2D eigenvalue weighted by Gasteiger charge is 2.05. The zero-order valence-corrected chi connectivity index (χ0v) is 11.1. The summed E-state index contributed by atoms with van der Waals surface area (Å²) in [6.07, 6.45) is 2.74. The van der Waals surface area contributed by atoms with Crippen molar-refractivity contribution in [1.29, 1.82) is 0 Å². The first-order valence-electron chi connectivity index (χ1n) is 5.93. The van der Waals surface area contributed by atoms with Gasteiger partial charge in [-0.05, 0) is 18.6 Å². The van der Waals surface area contributed by atoms with Gasteiger partial charge >= 0.3 is 0 Å². The molecule has 88 valence electrons. The number of thioether (sulfide) groups is 1. The van der Waals surface area contributed by atoms with Crippen LogP contribution in [0.15, 0.2) is 29.2 Å². The lowest BCUT2D eigenvalue weighted by Crippen LogP contribution is -1.98. The molecule has 0 unspecified atom stereocenters. The van der Waals surface area contributed by atoms with Crippen molar-refractivity contribution >= 4 is 17.5 Å². The third kappa shape index (κ3) is 4.40. The molecule has 0 bridgehead atoms. The van der Waals surface area contributed by atoms with Gasteiger partial charge in [0.2, 0.25) is 0 Å². The molecule has 0 spiro atoms. The Morgan fingerprint density at radius 2 is 1.88 bits per heavy atom. The Hall–Kier alpha value is -0.760. The topological polar surface area (TPSA) is 17.1 Å². The van der Waals surface area contributed by atoms with Gasteiger partial charge < -0.3 is 0 Å². The molecular weight excluding hydrogens is 216 g/mol. The average Bonchev–Trinajstić information content (AvgIpc) is 2.26. The van der Waals surface area contributed by atoms with E-state index in [2.05, 4.69) is 20.8 Å². The third-order valence-electron chi connectivity index (χ3n) is 2.31. The van der Waals surface area contributed by atoms with Crippen LogP contribution in [-0.2, 0) is 0 Å². The van der Waals surface area contributed by atoms with Crippen molar-refractivity contribution in [2.45, 2.75) is 50.2 Å². The maximum Gasteiger partial charge on any atom is 0.162 e. The number of rotatable bonds is 6. The van der Waals surface area contributed by atoms with Gasteiger partial charge in [0.05, 0.1) is 0 Å². The van der Waals surface area contributed by atoms with Crippen molar-refractivity contribution < 1.29 is 4.79 Å². The predicted molar refractivity (Wildman–Crippen MR) is 71.3 cm³/mol. The van der Waals surface area contributed by atoms with Gasteiger partial charge in [0.25, 0.3) is 0 Å². The van der Waals surface area contributed by atoms with Crippen LogP contribution in [0.2, 0.25) is 0 Å². The molecule has 1 aromatic rings. The fourth-order valence-electron chi connectivity index (χ4n) is 1.47. The summed E-state index contributed by atoms with van der Waals surface area (Å²) in [7, 11) is 0. The van der Waals surface area contributed by atoms with Gasteiger partial charge in [-0.3, -0.25) is 4.79 Å². The lowest BCUT2D eigenvalue weighted by molar-refractivity contribution is 0.0979. The van der Waals surface area contributed by atoms with Crippen molar-refractivity contribution in [3.05, 3.63) is 29.8 Å². The number of Topliss-reactive ketones (excluding diaryl/α,β-unsaturated/α-hetero) is 1. The van der Waals surface area contributed by atoms with Crippen LogP contribution in [0.25, 0.3) is 0 Å². The Balaban J connectivity index is 2.60. The molecule has 0 saturated heterocycles. The number of hydrogen-bond acceptors (Lipinski definition) is 2. The molecular formula is C14H20OS. The number of hydrogen-bond donors (Lipinski definition) is 0. The minimum Gasteiger partial charge on any atom is -0.294 e. The quantitative estimate of drug-likeness (QED) is 0.532. The minimum atomic E-state index is 0.267. The number of benzene rings is 1. The monoisotopic (exact) mass is 236 g/mol. The first kappa shape index (κ1) is 13.3. The molecule has 16 heavy (non-hydrogen) atoms. The SMILES string of the molecule is CCCCC(=O)c1ccc(SC(C)C)cc1. The summed E-state index contributed by atoms with van der Waals surface area (Å²) in [6, 6.07) is 7.99. The van der Waals surface area contributed by atoms with E-state index in [0.717, 1.165) is 18.4 Å². The molecule has 0 N–H and O–H groups in total. The van der Waals surface area contributed by atoms with Crippen molar-refractivity contribution in [2.24, 2.45) is 0 Å². The molecule has 0 fully saturated rings. The molecule has 0 saturated carbocycles. The second-order valence-electron chi connectivity index (χ2n) is 4.22. The maximum absolute atomic E-state index is 11.7. The summed E-state index contributed by atoms with van der Waals surface area (Å²) in [4.78, 5) is 13.0. The molecule has 0 aliphatic carbocycles. The highest BCUT2D eigenvalue weighted by Crippen LogP contribution is 2.23. The fraction of sp³-hybridized carbons (Fsp3) is 0.500. The Kier molecular flexibility index (Phi) is 5.61. The minimum absolute atomic E-state index is 0.267. The van der Waals surface area contributed by atoms with Crippen molar-refractivity contribution in [3.63, 3.8) is 0 Å². The Morgan fingerprint density at radius 3 is 2.38 bits per heavy atom. The Morgan fingerprint density at radius 1 is 1.25 bits per heavy atom. The second-order valence-corrected chi connectivity index (χ2v) is 5.87. The zero-order chi connectivity index (χ0) is 12.0. The van der Waals surface area contributed by atoms with Crippen LogP contribution < -0.4 is 0 Å². The van der Waals surface area contributed by atoms with Crippen LogP contribution >= 0.6 is 11.8 Å². The summed E-state index contributed by atoms with van der Waals surface area (Å²) in [5.74, 6) is 0.267. The molecule has 0 amide bonds. The van der Waals surface area contributed by atoms with E-state index in [1.807, 2.05) is 36.0 Å². The van der Waals surface area contributed by atoms with Crippen LogP contribution in [0.1, 0.15) is 50.4 Å². The van der Waals surface area contributed by atoms with Crippen molar-refractivity contribution in [3.8, 4) is 0 Å². The van der Waals surface area contributed by atoms with Crippen molar-refractivity contribution in [1.82, 2.24) is 0 Å². The van der Waals surface area contributed by atoms with Gasteiger partial charge in [-0.2, -0.15) is 0 Å². The fourth-order valence-corrected chi connectivity index (χ4v) is 2.31. The lowest BCUT2D eigenvalue weighted by Gasteiger charge is -2.05. The van der Waals surface area contributed by atoms with E-state index in [1.165, 1.54) is 4.90 Å². The third-order valence-corrected chi connectivity index (χ3v) is 3.32. The van der Waals surface area contributed by atoms with Gasteiger partial charge in [-0.15, -0.1) is 11.8 Å². The van der Waals surface area contributed by atoms with E-state index in [0.29, 0.717) is 11.7 Å². The van der Waals surface area contributed by atoms with Crippen LogP contribution in [-0.4, -0.2) is 11.0 Å². The number of ketones is 1. The summed E-state index contributed by atoms with van der Waals surface area (Å²) in [5.41, 5.74) is 0.849. The maximum atomic E-state index is 11.7. The Labute approximate surface area is 103 Å². The van der Waals surface area contributed by atoms with E-state index in [4.69, 9.17) is 0 Å². The molecule has 2 heteroatoms. The zero-order valence-electron chi connectivity index (χ0n) is 10.3. The molecule has 1 aromatic carbocycles. The largest absolute Gasteiger partial charge is 0.294 e. The van der Waals surface area contributed by atoms with E-state index < -0.39 is 0 Å². The van der Waals surface area contributed by atoms with Gasteiger partial charge in [0.15, 0.2) is 5.78 Å². The van der Waals surface area contributed by atoms with Gasteiger partial charge in [0, 0.05) is 22.1 Å². The Bertz CT molecular complexity index is 327. The van der Waals surface area contributed by atoms with Gasteiger partial charge in [-0.25, -0.2) is 0 Å². The number of carbonyl (C=O) groups is 1. The first-order valence-corrected chi connectivity index (χ1v) is 6.81. The molecule has 0 aromatic heterocycles. The van der Waals surface area contributed by atoms with Crippen LogP contribution in [0.3, 0.4) is 0 Å². The number of carbonyl (C=O) groups excluding carboxylic acids is 1. The highest BCUT2D eigenvalue weighted by molar-refractivity contribution is 7.99. The van der Waals surface area contributed by atoms with Crippen molar-refractivity contribution in [2.75, 3.05) is 0 Å². The first-order chi connectivity index (χ1) is 7.63. The highest BCUT2D eigenvalue weighted by atomic mass is 32.2. The van der Waals surface area contributed by atoms with Crippen LogP contribution in [0, 0.1) is 0 Å². The summed E-state index contributed by atoms with van der Waals surface area (Å²) in [5, 5.41) is 0.585. The van der Waals surface area contributed by atoms with Crippen LogP contribution in [0.4, 0.5) is 0 Å². The van der Waals surface area contributed by atoms with E-state index in [9.17, 15) is 4.79 Å². The average molecular weight is 236 g/mol. The normalized spacial score (nSPS) is 10.8. The number of unbranched alkanes of at least 4 members (excludes halogenated alkanes) is 1. The van der Waals surface area contributed by atoms with Gasteiger partial charge in [-0.1, -0.05) is 39.3 Å². The molecule has 0 radical (unpaired) electrons. The second kappa shape index (κ2) is 6.74. The molecule has 0 aliphatic heterocycles. The summed E-state index contributed by atoms with van der Waals surface area (Å²) in [6.45, 7) is 6.45. The molecule has 1 rings (SSSR count). The molecule has 0 aliphatic rings. The molecule has 0 heterocycles. The van der Waals surface area contributed by atoms with E-state index >= 15 is 0 Å². The summed E-state index contributed by atoms with van der Waals surface area (Å²) < 4.78 is 0. The predicted octanol–water partition coefficient (Wildman–Crippen LogP) is 4.56.